The molecule has 2 aromatic carbocycles. The van der Waals surface area contributed by atoms with Crippen molar-refractivity contribution in [3.05, 3.63) is 75.3 Å². The number of nitrogens with one attached hydrogen (secondary N) is 2. The Labute approximate surface area is 157 Å². The van der Waals surface area contributed by atoms with Crippen molar-refractivity contribution in [3.63, 3.8) is 0 Å². The Kier molecular flexibility index (Phi) is 6.65. The van der Waals surface area contributed by atoms with Crippen LogP contribution in [0.5, 0.6) is 0 Å². The smallest absolute Gasteiger partial charge is 0.282 e. The predicted octanol–water partition coefficient (Wildman–Crippen LogP) is 2.35. The highest BCUT2D eigenvalue weighted by Gasteiger charge is 2.20. The highest BCUT2D eigenvalue weighted by Crippen LogP contribution is 2.18. The molecule has 8 nitrogen and oxygen atoms in total. The van der Waals surface area contributed by atoms with Crippen molar-refractivity contribution in [2.24, 2.45) is 0 Å². The van der Waals surface area contributed by atoms with E-state index >= 15 is 0 Å². The van der Waals surface area contributed by atoms with E-state index in [9.17, 15) is 23.3 Å². The molecule has 0 saturated heterocycles. The first kappa shape index (κ1) is 20.5. The molecule has 1 amide bonds. The molecule has 2 rings (SSSR count). The van der Waals surface area contributed by atoms with Crippen molar-refractivity contribution >= 4 is 21.6 Å². The van der Waals surface area contributed by atoms with Crippen LogP contribution >= 0.6 is 0 Å². The molecule has 0 atom stereocenters. The summed E-state index contributed by atoms with van der Waals surface area (Å²) in [6, 6.07) is 12.3. The standard InChI is InChI=1S/C18H21N3O5S/c1-13(2)20-27(25,26)12-15-8-4-3-7-14(15)11-19-18(22)16-9-5-6-10-17(16)21(23)24/h3-10,13,20H,11-12H2,1-2H3,(H,19,22). The molecule has 27 heavy (non-hydrogen) atoms. The van der Waals surface area contributed by atoms with Gasteiger partial charge >= 0.3 is 0 Å². The third kappa shape index (κ3) is 5.87. The number of nitrogens with zero attached hydrogens (tertiary/aromatic N) is 1. The van der Waals surface area contributed by atoms with E-state index in [0.29, 0.717) is 11.1 Å². The fraction of sp³-hybridized carbons (Fsp3) is 0.278. The van der Waals surface area contributed by atoms with Gasteiger partial charge in [-0.3, -0.25) is 14.9 Å². The van der Waals surface area contributed by atoms with E-state index in [1.807, 2.05) is 0 Å². The van der Waals surface area contributed by atoms with Gasteiger partial charge in [-0.2, -0.15) is 0 Å². The summed E-state index contributed by atoms with van der Waals surface area (Å²) in [5, 5.41) is 13.7. The number of para-hydroxylation sites is 1. The second-order valence-electron chi connectivity index (χ2n) is 6.26. The topological polar surface area (TPSA) is 118 Å². The predicted molar refractivity (Wildman–Crippen MR) is 102 cm³/mol. The molecule has 0 aliphatic rings. The highest BCUT2D eigenvalue weighted by atomic mass is 32.2. The second kappa shape index (κ2) is 8.74. The molecule has 0 heterocycles. The molecule has 0 spiro atoms. The molecule has 0 aromatic heterocycles. The monoisotopic (exact) mass is 391 g/mol. The van der Waals surface area contributed by atoms with Gasteiger partial charge in [0.25, 0.3) is 11.6 Å². The average molecular weight is 391 g/mol. The first-order valence-corrected chi connectivity index (χ1v) is 9.93. The van der Waals surface area contributed by atoms with E-state index < -0.39 is 20.9 Å². The number of hydrogen-bond donors (Lipinski definition) is 2. The minimum absolute atomic E-state index is 0.0472. The van der Waals surface area contributed by atoms with Gasteiger partial charge in [0.05, 0.1) is 10.7 Å². The van der Waals surface area contributed by atoms with E-state index in [2.05, 4.69) is 10.0 Å². The normalized spacial score (nSPS) is 11.4. The van der Waals surface area contributed by atoms with Gasteiger partial charge in [-0.15, -0.1) is 0 Å². The number of hydrogen-bond acceptors (Lipinski definition) is 5. The second-order valence-corrected chi connectivity index (χ2v) is 8.01. The summed E-state index contributed by atoms with van der Waals surface area (Å²) in [6.07, 6.45) is 0. The molecular formula is C18H21N3O5S. The van der Waals surface area contributed by atoms with Crippen LogP contribution < -0.4 is 10.0 Å². The van der Waals surface area contributed by atoms with Crippen molar-refractivity contribution in [2.45, 2.75) is 32.2 Å². The van der Waals surface area contributed by atoms with Crippen LogP contribution in [-0.2, 0) is 22.3 Å². The maximum absolute atomic E-state index is 12.3. The first-order valence-electron chi connectivity index (χ1n) is 8.28. The number of nitro benzene ring substituents is 1. The number of amides is 1. The Morgan fingerprint density at radius 3 is 2.30 bits per heavy atom. The van der Waals surface area contributed by atoms with Gasteiger partial charge < -0.3 is 5.32 Å². The van der Waals surface area contributed by atoms with Gasteiger partial charge in [0.1, 0.15) is 5.56 Å². The fourth-order valence-corrected chi connectivity index (χ4v) is 4.06. The number of benzene rings is 2. The molecular weight excluding hydrogens is 370 g/mol. The SMILES string of the molecule is CC(C)NS(=O)(=O)Cc1ccccc1CNC(=O)c1ccccc1[N+](=O)[O-]. The first-order chi connectivity index (χ1) is 12.7. The Balaban J connectivity index is 2.15. The Bertz CT molecular complexity index is 942. The van der Waals surface area contributed by atoms with Crippen LogP contribution in [0.4, 0.5) is 5.69 Å². The van der Waals surface area contributed by atoms with Crippen LogP contribution in [0.2, 0.25) is 0 Å². The molecule has 0 fully saturated rings. The minimum Gasteiger partial charge on any atom is -0.348 e. The van der Waals surface area contributed by atoms with Crippen molar-refractivity contribution < 1.29 is 18.1 Å². The summed E-state index contributed by atoms with van der Waals surface area (Å²) in [5.74, 6) is -0.817. The quantitative estimate of drug-likeness (QED) is 0.529. The van der Waals surface area contributed by atoms with E-state index in [1.54, 1.807) is 44.2 Å². The Morgan fingerprint density at radius 1 is 1.07 bits per heavy atom. The summed E-state index contributed by atoms with van der Waals surface area (Å²) in [6.45, 7) is 3.52. The molecule has 9 heteroatoms. The van der Waals surface area contributed by atoms with E-state index in [-0.39, 0.29) is 29.6 Å². The van der Waals surface area contributed by atoms with Crippen LogP contribution in [0.15, 0.2) is 48.5 Å². The van der Waals surface area contributed by atoms with E-state index in [1.165, 1.54) is 18.2 Å². The number of sulfonamides is 1. The molecule has 0 saturated carbocycles. The highest BCUT2D eigenvalue weighted by molar-refractivity contribution is 7.88. The number of rotatable bonds is 8. The van der Waals surface area contributed by atoms with Crippen molar-refractivity contribution in [3.8, 4) is 0 Å². The van der Waals surface area contributed by atoms with Gasteiger partial charge in [-0.25, -0.2) is 13.1 Å². The van der Waals surface area contributed by atoms with Crippen LogP contribution in [0.1, 0.15) is 35.3 Å². The third-order valence-corrected chi connectivity index (χ3v) is 5.19. The Hall–Kier alpha value is -2.78. The number of carbonyl (C=O) groups excluding carboxylic acids is 1. The zero-order valence-electron chi connectivity index (χ0n) is 15.0. The lowest BCUT2D eigenvalue weighted by molar-refractivity contribution is -0.385. The Morgan fingerprint density at radius 2 is 1.67 bits per heavy atom. The van der Waals surface area contributed by atoms with E-state index in [0.717, 1.165) is 0 Å². The largest absolute Gasteiger partial charge is 0.348 e. The molecule has 0 bridgehead atoms. The summed E-state index contributed by atoms with van der Waals surface area (Å²) in [7, 11) is -3.52. The summed E-state index contributed by atoms with van der Waals surface area (Å²) in [5.41, 5.74) is 0.841. The number of nitro groups is 1. The molecule has 144 valence electrons. The van der Waals surface area contributed by atoms with Crippen LogP contribution in [0.3, 0.4) is 0 Å². The van der Waals surface area contributed by atoms with Gasteiger partial charge in [0.15, 0.2) is 0 Å². The summed E-state index contributed by atoms with van der Waals surface area (Å²) < 4.78 is 26.9. The lowest BCUT2D eigenvalue weighted by Crippen LogP contribution is -2.32. The lowest BCUT2D eigenvalue weighted by Gasteiger charge is -2.13. The molecule has 0 radical (unpaired) electrons. The maximum atomic E-state index is 12.3. The number of carbonyl (C=O) groups is 1. The van der Waals surface area contributed by atoms with Gasteiger partial charge in [-0.1, -0.05) is 36.4 Å². The van der Waals surface area contributed by atoms with Gasteiger partial charge in [0, 0.05) is 18.7 Å². The summed E-state index contributed by atoms with van der Waals surface area (Å²) >= 11 is 0. The molecule has 0 aliphatic heterocycles. The third-order valence-electron chi connectivity index (χ3n) is 3.66. The van der Waals surface area contributed by atoms with Crippen LogP contribution in [-0.4, -0.2) is 25.3 Å². The van der Waals surface area contributed by atoms with Crippen LogP contribution in [0.25, 0.3) is 0 Å². The van der Waals surface area contributed by atoms with E-state index in [4.69, 9.17) is 0 Å². The van der Waals surface area contributed by atoms with Crippen LogP contribution in [0, 0.1) is 10.1 Å². The van der Waals surface area contributed by atoms with Gasteiger partial charge in [-0.05, 0) is 31.0 Å². The van der Waals surface area contributed by atoms with Crippen molar-refractivity contribution in [2.75, 3.05) is 0 Å². The maximum Gasteiger partial charge on any atom is 0.282 e. The lowest BCUT2D eigenvalue weighted by atomic mass is 10.1. The molecule has 2 N–H and O–H groups in total. The average Bonchev–Trinajstić information content (AvgIpc) is 2.59. The zero-order chi connectivity index (χ0) is 20.0. The summed E-state index contributed by atoms with van der Waals surface area (Å²) in [4.78, 5) is 22.8. The zero-order valence-corrected chi connectivity index (χ0v) is 15.8. The molecule has 2 aromatic rings. The minimum atomic E-state index is -3.52. The molecule has 0 aliphatic carbocycles. The van der Waals surface area contributed by atoms with Gasteiger partial charge in [0.2, 0.25) is 10.0 Å². The van der Waals surface area contributed by atoms with Crippen molar-refractivity contribution in [1.29, 1.82) is 0 Å². The van der Waals surface area contributed by atoms with Crippen molar-refractivity contribution in [1.82, 2.24) is 10.0 Å². The fourth-order valence-electron chi connectivity index (χ4n) is 2.57. The molecule has 0 unspecified atom stereocenters.